The van der Waals surface area contributed by atoms with Gasteiger partial charge in [-0.05, 0) is 50.9 Å². The van der Waals surface area contributed by atoms with Gasteiger partial charge in [-0.2, -0.15) is 0 Å². The van der Waals surface area contributed by atoms with Crippen LogP contribution in [0.1, 0.15) is 30.9 Å². The Morgan fingerprint density at radius 3 is 2.62 bits per heavy atom. The van der Waals surface area contributed by atoms with E-state index in [0.29, 0.717) is 0 Å². The molecule has 1 fully saturated rings. The van der Waals surface area contributed by atoms with E-state index in [1.165, 1.54) is 11.1 Å². The summed E-state index contributed by atoms with van der Waals surface area (Å²) < 4.78 is 6.10. The molecule has 88 valence electrons. The molecule has 16 heavy (non-hydrogen) atoms. The summed E-state index contributed by atoms with van der Waals surface area (Å²) in [6.45, 7) is 7.26. The van der Waals surface area contributed by atoms with Crippen molar-refractivity contribution in [3.63, 3.8) is 0 Å². The molecule has 2 rings (SSSR count). The van der Waals surface area contributed by atoms with Gasteiger partial charge in [-0.3, -0.25) is 0 Å². The van der Waals surface area contributed by atoms with E-state index in [2.05, 4.69) is 43.4 Å². The Kier molecular flexibility index (Phi) is 3.62. The van der Waals surface area contributed by atoms with Crippen molar-refractivity contribution >= 4 is 0 Å². The molecule has 1 saturated heterocycles. The van der Waals surface area contributed by atoms with Crippen LogP contribution in [0.4, 0.5) is 0 Å². The van der Waals surface area contributed by atoms with Gasteiger partial charge < -0.3 is 10.1 Å². The van der Waals surface area contributed by atoms with Gasteiger partial charge in [0.05, 0.1) is 12.2 Å². The molecular formula is C14H21NO. The van der Waals surface area contributed by atoms with Crippen LogP contribution in [0.25, 0.3) is 0 Å². The van der Waals surface area contributed by atoms with Crippen LogP contribution in [-0.4, -0.2) is 18.7 Å². The highest BCUT2D eigenvalue weighted by molar-refractivity contribution is 5.24. The first kappa shape index (κ1) is 11.6. The van der Waals surface area contributed by atoms with Crippen LogP contribution >= 0.6 is 0 Å². The molecule has 0 bridgehead atoms. The van der Waals surface area contributed by atoms with Crippen molar-refractivity contribution in [2.24, 2.45) is 0 Å². The zero-order valence-electron chi connectivity index (χ0n) is 10.3. The van der Waals surface area contributed by atoms with Crippen molar-refractivity contribution < 1.29 is 4.74 Å². The van der Waals surface area contributed by atoms with Crippen LogP contribution < -0.4 is 5.32 Å². The van der Waals surface area contributed by atoms with Crippen LogP contribution in [-0.2, 0) is 11.3 Å². The summed E-state index contributed by atoms with van der Waals surface area (Å²) in [5, 5.41) is 3.37. The zero-order valence-corrected chi connectivity index (χ0v) is 10.3. The summed E-state index contributed by atoms with van der Waals surface area (Å²) in [4.78, 5) is 0. The lowest BCUT2D eigenvalue weighted by Crippen LogP contribution is -2.41. The molecule has 0 atom stereocenters. The van der Waals surface area contributed by atoms with E-state index in [1.807, 2.05) is 0 Å². The topological polar surface area (TPSA) is 21.3 Å². The highest BCUT2D eigenvalue weighted by Crippen LogP contribution is 2.24. The fraction of sp³-hybridized carbons (Fsp3) is 0.571. The molecule has 2 nitrogen and oxygen atoms in total. The number of piperidine rings is 1. The summed E-state index contributed by atoms with van der Waals surface area (Å²) in [5.74, 6) is 0. The predicted octanol–water partition coefficient (Wildman–Crippen LogP) is 2.65. The second kappa shape index (κ2) is 4.98. The molecule has 1 heterocycles. The van der Waals surface area contributed by atoms with Gasteiger partial charge in [0.1, 0.15) is 0 Å². The molecule has 1 aliphatic heterocycles. The number of nitrogens with one attached hydrogen (secondary N) is 1. The minimum Gasteiger partial charge on any atom is -0.371 e. The molecule has 2 heteroatoms. The number of benzene rings is 1. The number of aryl methyl sites for hydroxylation is 1. The van der Waals surface area contributed by atoms with E-state index in [9.17, 15) is 0 Å². The molecule has 0 unspecified atom stereocenters. The Labute approximate surface area is 98.0 Å². The molecule has 1 N–H and O–H groups in total. The maximum Gasteiger partial charge on any atom is 0.0726 e. The quantitative estimate of drug-likeness (QED) is 0.844. The van der Waals surface area contributed by atoms with E-state index in [4.69, 9.17) is 4.74 Å². The number of ether oxygens (including phenoxy) is 1. The number of rotatable bonds is 3. The van der Waals surface area contributed by atoms with Gasteiger partial charge in [-0.15, -0.1) is 0 Å². The summed E-state index contributed by atoms with van der Waals surface area (Å²) in [6.07, 6.45) is 2.22. The number of hydrogen-bond acceptors (Lipinski definition) is 2. The van der Waals surface area contributed by atoms with E-state index in [-0.39, 0.29) is 5.60 Å². The van der Waals surface area contributed by atoms with Gasteiger partial charge in [0.25, 0.3) is 0 Å². The molecule has 0 aromatic heterocycles. The van der Waals surface area contributed by atoms with Crippen LogP contribution in [0.5, 0.6) is 0 Å². The minimum atomic E-state index is 0.0630. The highest BCUT2D eigenvalue weighted by atomic mass is 16.5. The maximum atomic E-state index is 6.10. The van der Waals surface area contributed by atoms with Crippen molar-refractivity contribution in [1.29, 1.82) is 0 Å². The summed E-state index contributed by atoms with van der Waals surface area (Å²) in [7, 11) is 0. The summed E-state index contributed by atoms with van der Waals surface area (Å²) in [6, 6.07) is 8.45. The molecule has 1 aromatic carbocycles. The third-order valence-corrected chi connectivity index (χ3v) is 3.50. The normalized spacial score (nSPS) is 19.6. The van der Waals surface area contributed by atoms with Gasteiger partial charge in [-0.25, -0.2) is 0 Å². The second-order valence-electron chi connectivity index (χ2n) is 4.92. The van der Waals surface area contributed by atoms with Gasteiger partial charge in [-0.1, -0.05) is 24.3 Å². The Balaban J connectivity index is 1.94. The SMILES string of the molecule is Cc1ccccc1COC1(C)CCNCC1. The Hall–Kier alpha value is -0.860. The molecule has 1 aromatic rings. The minimum absolute atomic E-state index is 0.0630. The first-order valence-electron chi connectivity index (χ1n) is 6.09. The van der Waals surface area contributed by atoms with E-state index in [1.54, 1.807) is 0 Å². The van der Waals surface area contributed by atoms with E-state index >= 15 is 0 Å². The zero-order chi connectivity index (χ0) is 11.4. The first-order chi connectivity index (χ1) is 7.70. The fourth-order valence-corrected chi connectivity index (χ4v) is 2.12. The fourth-order valence-electron chi connectivity index (χ4n) is 2.12. The Morgan fingerprint density at radius 2 is 1.94 bits per heavy atom. The lowest BCUT2D eigenvalue weighted by Gasteiger charge is -2.34. The standard InChI is InChI=1S/C14H21NO/c1-12-5-3-4-6-13(12)11-16-14(2)7-9-15-10-8-14/h3-6,15H,7-11H2,1-2H3. The van der Waals surface area contributed by atoms with Crippen LogP contribution in [0.15, 0.2) is 24.3 Å². The van der Waals surface area contributed by atoms with Gasteiger partial charge in [0.2, 0.25) is 0 Å². The smallest absolute Gasteiger partial charge is 0.0726 e. The van der Waals surface area contributed by atoms with Crippen molar-refractivity contribution in [3.8, 4) is 0 Å². The molecule has 1 aliphatic rings. The first-order valence-corrected chi connectivity index (χ1v) is 6.09. The average molecular weight is 219 g/mol. The lowest BCUT2D eigenvalue weighted by atomic mass is 9.94. The van der Waals surface area contributed by atoms with Crippen molar-refractivity contribution in [2.75, 3.05) is 13.1 Å². The molecule has 0 amide bonds. The van der Waals surface area contributed by atoms with Crippen LogP contribution in [0, 0.1) is 6.92 Å². The third-order valence-electron chi connectivity index (χ3n) is 3.50. The van der Waals surface area contributed by atoms with Gasteiger partial charge >= 0.3 is 0 Å². The van der Waals surface area contributed by atoms with Crippen molar-refractivity contribution in [3.05, 3.63) is 35.4 Å². The molecular weight excluding hydrogens is 198 g/mol. The summed E-state index contributed by atoms with van der Waals surface area (Å²) >= 11 is 0. The molecule has 0 saturated carbocycles. The lowest BCUT2D eigenvalue weighted by molar-refractivity contribution is -0.0622. The number of hydrogen-bond donors (Lipinski definition) is 1. The Morgan fingerprint density at radius 1 is 1.25 bits per heavy atom. The van der Waals surface area contributed by atoms with Crippen molar-refractivity contribution in [1.82, 2.24) is 5.32 Å². The monoisotopic (exact) mass is 219 g/mol. The predicted molar refractivity (Wildman–Crippen MR) is 66.5 cm³/mol. The Bertz CT molecular complexity index is 342. The van der Waals surface area contributed by atoms with Gasteiger partial charge in [0.15, 0.2) is 0 Å². The molecule has 0 aliphatic carbocycles. The van der Waals surface area contributed by atoms with Crippen LogP contribution in [0.2, 0.25) is 0 Å². The van der Waals surface area contributed by atoms with Crippen LogP contribution in [0.3, 0.4) is 0 Å². The maximum absolute atomic E-state index is 6.10. The summed E-state index contributed by atoms with van der Waals surface area (Å²) in [5.41, 5.74) is 2.69. The molecule has 0 radical (unpaired) electrons. The second-order valence-corrected chi connectivity index (χ2v) is 4.92. The van der Waals surface area contributed by atoms with Gasteiger partial charge in [0, 0.05) is 0 Å². The average Bonchev–Trinajstić information content (AvgIpc) is 2.29. The molecule has 0 spiro atoms. The largest absolute Gasteiger partial charge is 0.371 e. The highest BCUT2D eigenvalue weighted by Gasteiger charge is 2.27. The third kappa shape index (κ3) is 2.83. The van der Waals surface area contributed by atoms with E-state index in [0.717, 1.165) is 32.5 Å². The van der Waals surface area contributed by atoms with Crippen molar-refractivity contribution in [2.45, 2.75) is 38.9 Å². The van der Waals surface area contributed by atoms with E-state index < -0.39 is 0 Å².